The molecule has 0 fully saturated rings. The Morgan fingerprint density at radius 3 is 3.06 bits per heavy atom. The van der Waals surface area contributed by atoms with Gasteiger partial charge in [0.1, 0.15) is 24.2 Å². The third-order valence-corrected chi connectivity index (χ3v) is 2.96. The van der Waals surface area contributed by atoms with Gasteiger partial charge < -0.3 is 9.47 Å². The van der Waals surface area contributed by atoms with Crippen molar-refractivity contribution in [3.63, 3.8) is 0 Å². The van der Waals surface area contributed by atoms with E-state index >= 15 is 0 Å². The lowest BCUT2D eigenvalue weighted by Crippen LogP contribution is -2.42. The lowest BCUT2D eigenvalue weighted by atomic mass is 10.1. The van der Waals surface area contributed by atoms with Gasteiger partial charge in [-0.1, -0.05) is 17.7 Å². The molecule has 0 amide bonds. The molecule has 0 aromatic heterocycles. The van der Waals surface area contributed by atoms with Crippen LogP contribution in [0.4, 0.5) is 0 Å². The van der Waals surface area contributed by atoms with E-state index in [4.69, 9.17) is 26.9 Å². The molecule has 18 heavy (non-hydrogen) atoms. The predicted octanol–water partition coefficient (Wildman–Crippen LogP) is 2.24. The molecule has 0 saturated heterocycles. The van der Waals surface area contributed by atoms with Gasteiger partial charge in [0, 0.05) is 5.02 Å². The number of nitrogens with one attached hydrogen (secondary N) is 1. The maximum Gasteiger partial charge on any atom is 0.120 e. The van der Waals surface area contributed by atoms with Crippen LogP contribution < -0.4 is 16.0 Å². The van der Waals surface area contributed by atoms with Gasteiger partial charge in [0.05, 0.1) is 6.61 Å². The summed E-state index contributed by atoms with van der Waals surface area (Å²) in [5, 5.41) is 0.651. The highest BCUT2D eigenvalue weighted by Gasteiger charge is 2.17. The number of hydrogen-bond acceptors (Lipinski definition) is 4. The molecule has 0 spiro atoms. The molecular formula is C13H17ClN2O2. The lowest BCUT2D eigenvalue weighted by molar-refractivity contribution is 0.147. The SMILES string of the molecule is NNC(COc1cccc(Cl)c1)C1=CCCCO1. The van der Waals surface area contributed by atoms with Gasteiger partial charge in [-0.15, -0.1) is 0 Å². The molecule has 4 nitrogen and oxygen atoms in total. The Hall–Kier alpha value is -1.23. The smallest absolute Gasteiger partial charge is 0.120 e. The van der Waals surface area contributed by atoms with Crippen molar-refractivity contribution in [2.45, 2.75) is 18.9 Å². The van der Waals surface area contributed by atoms with Gasteiger partial charge in [0.25, 0.3) is 0 Å². The van der Waals surface area contributed by atoms with Crippen LogP contribution in [0, 0.1) is 0 Å². The van der Waals surface area contributed by atoms with Crippen LogP contribution in [0.3, 0.4) is 0 Å². The summed E-state index contributed by atoms with van der Waals surface area (Å²) >= 11 is 5.89. The molecular weight excluding hydrogens is 252 g/mol. The van der Waals surface area contributed by atoms with Crippen LogP contribution in [0.5, 0.6) is 5.75 Å². The van der Waals surface area contributed by atoms with Crippen LogP contribution in [-0.4, -0.2) is 19.3 Å². The number of halogens is 1. The predicted molar refractivity (Wildman–Crippen MR) is 71.3 cm³/mol. The quantitative estimate of drug-likeness (QED) is 0.635. The standard InChI is InChI=1S/C13H17ClN2O2/c14-10-4-3-5-11(8-10)18-9-12(16-15)13-6-1-2-7-17-13/h3-6,8,12,16H,1-2,7,9,15H2. The molecule has 1 aliphatic rings. The third kappa shape index (κ3) is 3.63. The number of ether oxygens (including phenoxy) is 2. The number of allylic oxidation sites excluding steroid dienone is 1. The van der Waals surface area contributed by atoms with Crippen LogP contribution in [0.2, 0.25) is 5.02 Å². The van der Waals surface area contributed by atoms with Crippen molar-refractivity contribution >= 4 is 11.6 Å². The molecule has 1 aromatic carbocycles. The summed E-state index contributed by atoms with van der Waals surface area (Å²) in [6, 6.07) is 7.14. The Balaban J connectivity index is 1.92. The largest absolute Gasteiger partial charge is 0.496 e. The molecule has 0 saturated carbocycles. The maximum absolute atomic E-state index is 5.89. The molecule has 3 N–H and O–H groups in total. The Bertz CT molecular complexity index is 423. The number of nitrogens with two attached hydrogens (primary N) is 1. The van der Waals surface area contributed by atoms with E-state index in [-0.39, 0.29) is 6.04 Å². The highest BCUT2D eigenvalue weighted by atomic mass is 35.5. The molecule has 5 heteroatoms. The summed E-state index contributed by atoms with van der Waals surface area (Å²) in [7, 11) is 0. The first-order valence-electron chi connectivity index (χ1n) is 5.97. The van der Waals surface area contributed by atoms with Gasteiger partial charge in [-0.05, 0) is 37.1 Å². The Morgan fingerprint density at radius 2 is 2.39 bits per heavy atom. The van der Waals surface area contributed by atoms with E-state index in [9.17, 15) is 0 Å². The molecule has 0 radical (unpaired) electrons. The number of hydrazine groups is 1. The van der Waals surface area contributed by atoms with Crippen molar-refractivity contribution in [2.24, 2.45) is 5.84 Å². The second-order valence-corrected chi connectivity index (χ2v) is 4.52. The van der Waals surface area contributed by atoms with Gasteiger partial charge >= 0.3 is 0 Å². The number of benzene rings is 1. The van der Waals surface area contributed by atoms with E-state index in [1.54, 1.807) is 12.1 Å². The van der Waals surface area contributed by atoms with Gasteiger partial charge in [0.15, 0.2) is 0 Å². The zero-order valence-corrected chi connectivity index (χ0v) is 10.8. The van der Waals surface area contributed by atoms with Gasteiger partial charge in [0.2, 0.25) is 0 Å². The molecule has 98 valence electrons. The summed E-state index contributed by atoms with van der Waals surface area (Å²) in [4.78, 5) is 0. The zero-order valence-electron chi connectivity index (χ0n) is 10.1. The molecule has 0 aliphatic carbocycles. The minimum absolute atomic E-state index is 0.135. The van der Waals surface area contributed by atoms with Crippen LogP contribution >= 0.6 is 11.6 Å². The normalized spacial score (nSPS) is 16.7. The first kappa shape index (κ1) is 13.2. The molecule has 1 unspecified atom stereocenters. The highest BCUT2D eigenvalue weighted by Crippen LogP contribution is 2.19. The van der Waals surface area contributed by atoms with Crippen LogP contribution in [0.25, 0.3) is 0 Å². The lowest BCUT2D eigenvalue weighted by Gasteiger charge is -2.23. The summed E-state index contributed by atoms with van der Waals surface area (Å²) in [6.45, 7) is 1.14. The molecule has 1 heterocycles. The molecule has 0 bridgehead atoms. The van der Waals surface area contributed by atoms with Crippen molar-refractivity contribution in [1.29, 1.82) is 0 Å². The summed E-state index contributed by atoms with van der Waals surface area (Å²) < 4.78 is 11.2. The van der Waals surface area contributed by atoms with E-state index in [0.717, 1.165) is 31.0 Å². The van der Waals surface area contributed by atoms with E-state index < -0.39 is 0 Å². The monoisotopic (exact) mass is 268 g/mol. The second-order valence-electron chi connectivity index (χ2n) is 4.08. The molecule has 1 atom stereocenters. The van der Waals surface area contributed by atoms with E-state index in [2.05, 4.69) is 11.5 Å². The van der Waals surface area contributed by atoms with Gasteiger partial charge in [-0.3, -0.25) is 5.84 Å². The second kappa shape index (κ2) is 6.64. The van der Waals surface area contributed by atoms with Crippen LogP contribution in [0.15, 0.2) is 36.1 Å². The van der Waals surface area contributed by atoms with Crippen LogP contribution in [0.1, 0.15) is 12.8 Å². The summed E-state index contributed by atoms with van der Waals surface area (Å²) in [6.07, 6.45) is 4.12. The van der Waals surface area contributed by atoms with Crippen LogP contribution in [-0.2, 0) is 4.74 Å². The van der Waals surface area contributed by atoms with Crippen molar-refractivity contribution in [2.75, 3.05) is 13.2 Å². The average Bonchev–Trinajstić information content (AvgIpc) is 2.41. The molecule has 2 rings (SSSR count). The summed E-state index contributed by atoms with van der Waals surface area (Å²) in [5.41, 5.74) is 2.71. The van der Waals surface area contributed by atoms with Crippen molar-refractivity contribution < 1.29 is 9.47 Å². The Kier molecular flexibility index (Phi) is 4.87. The first-order valence-corrected chi connectivity index (χ1v) is 6.35. The van der Waals surface area contributed by atoms with E-state index in [1.165, 1.54) is 0 Å². The average molecular weight is 269 g/mol. The minimum Gasteiger partial charge on any atom is -0.496 e. The summed E-state index contributed by atoms with van der Waals surface area (Å²) in [5.74, 6) is 7.09. The fraction of sp³-hybridized carbons (Fsp3) is 0.385. The van der Waals surface area contributed by atoms with Crippen molar-refractivity contribution in [1.82, 2.24) is 5.43 Å². The van der Waals surface area contributed by atoms with E-state index in [0.29, 0.717) is 11.6 Å². The fourth-order valence-corrected chi connectivity index (χ4v) is 1.95. The topological polar surface area (TPSA) is 56.5 Å². The van der Waals surface area contributed by atoms with Gasteiger partial charge in [-0.25, -0.2) is 5.43 Å². The molecule has 1 aromatic rings. The third-order valence-electron chi connectivity index (χ3n) is 2.72. The molecule has 1 aliphatic heterocycles. The number of rotatable bonds is 5. The highest BCUT2D eigenvalue weighted by molar-refractivity contribution is 6.30. The first-order chi connectivity index (χ1) is 8.79. The maximum atomic E-state index is 5.89. The zero-order chi connectivity index (χ0) is 12.8. The number of hydrogen-bond donors (Lipinski definition) is 2. The van der Waals surface area contributed by atoms with Gasteiger partial charge in [-0.2, -0.15) is 0 Å². The minimum atomic E-state index is -0.135. The van der Waals surface area contributed by atoms with Crippen molar-refractivity contribution in [3.05, 3.63) is 41.1 Å². The fourth-order valence-electron chi connectivity index (χ4n) is 1.77. The van der Waals surface area contributed by atoms with Crippen molar-refractivity contribution in [3.8, 4) is 5.75 Å². The Morgan fingerprint density at radius 1 is 1.50 bits per heavy atom. The van der Waals surface area contributed by atoms with E-state index in [1.807, 2.05) is 12.1 Å². The Labute approximate surface area is 112 Å².